The summed E-state index contributed by atoms with van der Waals surface area (Å²) < 4.78 is 7.19. The van der Waals surface area contributed by atoms with Crippen molar-refractivity contribution in [2.45, 2.75) is 32.9 Å². The Bertz CT molecular complexity index is 822. The monoisotopic (exact) mass is 325 g/mol. The Balaban J connectivity index is 1.73. The number of hydrogen-bond acceptors (Lipinski definition) is 5. The van der Waals surface area contributed by atoms with E-state index in [0.717, 1.165) is 5.56 Å². The maximum atomic E-state index is 12.5. The second-order valence-corrected chi connectivity index (χ2v) is 5.78. The van der Waals surface area contributed by atoms with E-state index in [1.54, 1.807) is 30.6 Å². The summed E-state index contributed by atoms with van der Waals surface area (Å²) in [5.74, 6) is 0.654. The topological polar surface area (TPSA) is 85.8 Å². The lowest BCUT2D eigenvalue weighted by molar-refractivity contribution is 0.0921. The molecule has 0 aromatic carbocycles. The smallest absolute Gasteiger partial charge is 0.268 e. The van der Waals surface area contributed by atoms with Crippen LogP contribution in [-0.2, 0) is 0 Å². The number of pyridine rings is 1. The average molecular weight is 325 g/mol. The van der Waals surface area contributed by atoms with Gasteiger partial charge in [-0.2, -0.15) is 4.98 Å². The summed E-state index contributed by atoms with van der Waals surface area (Å²) in [6.45, 7) is 5.86. The van der Waals surface area contributed by atoms with Gasteiger partial charge in [-0.05, 0) is 45.0 Å². The molecular formula is C17H19N5O2. The van der Waals surface area contributed by atoms with E-state index in [1.807, 2.05) is 37.6 Å². The number of nitrogens with one attached hydrogen (secondary N) is 1. The van der Waals surface area contributed by atoms with Gasteiger partial charge in [-0.1, -0.05) is 5.16 Å². The minimum Gasteiger partial charge on any atom is -0.341 e. The van der Waals surface area contributed by atoms with E-state index in [-0.39, 0.29) is 11.9 Å². The number of carbonyl (C=O) groups excluding carboxylic acids is 1. The molecule has 0 spiro atoms. The highest BCUT2D eigenvalue weighted by molar-refractivity contribution is 5.93. The van der Waals surface area contributed by atoms with Gasteiger partial charge in [0.05, 0.1) is 0 Å². The van der Waals surface area contributed by atoms with Crippen LogP contribution in [0.2, 0.25) is 0 Å². The van der Waals surface area contributed by atoms with E-state index in [0.29, 0.717) is 17.4 Å². The van der Waals surface area contributed by atoms with Crippen LogP contribution in [0.25, 0.3) is 11.4 Å². The fourth-order valence-corrected chi connectivity index (χ4v) is 2.40. The third-order valence-corrected chi connectivity index (χ3v) is 3.67. The first kappa shape index (κ1) is 15.9. The van der Waals surface area contributed by atoms with Crippen molar-refractivity contribution in [1.82, 2.24) is 25.0 Å². The molecular weight excluding hydrogens is 306 g/mol. The minimum absolute atomic E-state index is 0.176. The highest BCUT2D eigenvalue weighted by Crippen LogP contribution is 2.18. The lowest BCUT2D eigenvalue weighted by Crippen LogP contribution is -2.29. The lowest BCUT2D eigenvalue weighted by atomic mass is 10.2. The summed E-state index contributed by atoms with van der Waals surface area (Å²) in [7, 11) is 0. The molecule has 1 atom stereocenters. The zero-order chi connectivity index (χ0) is 17.1. The van der Waals surface area contributed by atoms with Gasteiger partial charge in [0, 0.05) is 30.2 Å². The third-order valence-electron chi connectivity index (χ3n) is 3.67. The molecule has 0 saturated carbocycles. The highest BCUT2D eigenvalue weighted by Gasteiger charge is 2.20. The largest absolute Gasteiger partial charge is 0.341 e. The van der Waals surface area contributed by atoms with Crippen LogP contribution in [0.1, 0.15) is 49.2 Å². The number of carbonyl (C=O) groups is 1. The normalized spacial score (nSPS) is 12.3. The van der Waals surface area contributed by atoms with Crippen molar-refractivity contribution in [1.29, 1.82) is 0 Å². The molecule has 0 aliphatic rings. The molecule has 1 unspecified atom stereocenters. The first-order valence-corrected chi connectivity index (χ1v) is 7.78. The molecule has 0 aliphatic heterocycles. The molecule has 124 valence electrons. The number of rotatable bonds is 5. The summed E-state index contributed by atoms with van der Waals surface area (Å²) in [5, 5.41) is 6.84. The molecule has 3 heterocycles. The van der Waals surface area contributed by atoms with Gasteiger partial charge < -0.3 is 14.4 Å². The first-order valence-electron chi connectivity index (χ1n) is 7.78. The predicted molar refractivity (Wildman–Crippen MR) is 88.2 cm³/mol. The second kappa shape index (κ2) is 6.66. The predicted octanol–water partition coefficient (Wildman–Crippen LogP) is 3.01. The van der Waals surface area contributed by atoms with Crippen LogP contribution < -0.4 is 5.32 Å². The van der Waals surface area contributed by atoms with Crippen molar-refractivity contribution >= 4 is 5.91 Å². The van der Waals surface area contributed by atoms with Crippen LogP contribution in [0, 0.1) is 0 Å². The minimum atomic E-state index is -0.393. The Morgan fingerprint density at radius 2 is 1.96 bits per heavy atom. The van der Waals surface area contributed by atoms with E-state index in [9.17, 15) is 4.79 Å². The van der Waals surface area contributed by atoms with E-state index in [1.165, 1.54) is 0 Å². The van der Waals surface area contributed by atoms with Crippen LogP contribution in [0.4, 0.5) is 0 Å². The second-order valence-electron chi connectivity index (χ2n) is 5.78. The maximum absolute atomic E-state index is 12.5. The first-order chi connectivity index (χ1) is 11.6. The fraction of sp³-hybridized carbons (Fsp3) is 0.294. The maximum Gasteiger partial charge on any atom is 0.268 e. The zero-order valence-electron chi connectivity index (χ0n) is 13.8. The fourth-order valence-electron chi connectivity index (χ4n) is 2.40. The molecule has 3 aromatic heterocycles. The van der Waals surface area contributed by atoms with Gasteiger partial charge in [-0.25, -0.2) is 0 Å². The lowest BCUT2D eigenvalue weighted by Gasteiger charge is -2.14. The Labute approximate surface area is 139 Å². The van der Waals surface area contributed by atoms with Gasteiger partial charge in [0.15, 0.2) is 0 Å². The highest BCUT2D eigenvalue weighted by atomic mass is 16.5. The van der Waals surface area contributed by atoms with Crippen LogP contribution in [-0.4, -0.2) is 25.6 Å². The number of hydrogen-bond donors (Lipinski definition) is 1. The van der Waals surface area contributed by atoms with Crippen molar-refractivity contribution in [3.05, 3.63) is 54.4 Å². The average Bonchev–Trinajstić information content (AvgIpc) is 3.25. The molecule has 0 fully saturated rings. The molecule has 1 amide bonds. The van der Waals surface area contributed by atoms with Crippen LogP contribution in [0.15, 0.2) is 47.4 Å². The molecule has 0 bridgehead atoms. The van der Waals surface area contributed by atoms with E-state index >= 15 is 0 Å². The molecule has 0 aliphatic carbocycles. The Morgan fingerprint density at radius 1 is 1.21 bits per heavy atom. The standard InChI is InChI=1S/C17H19N5O2/c1-11(2)22-10-4-5-14(22)16(23)19-12(3)17-20-15(21-24-17)13-6-8-18-9-7-13/h4-12H,1-3H3,(H,19,23). The summed E-state index contributed by atoms with van der Waals surface area (Å²) in [6, 6.07) is 7.06. The SMILES string of the molecule is CC(NC(=O)c1cccn1C(C)C)c1nc(-c2ccncc2)no1. The van der Waals surface area contributed by atoms with Crippen molar-refractivity contribution < 1.29 is 9.32 Å². The molecule has 3 rings (SSSR count). The summed E-state index contributed by atoms with van der Waals surface area (Å²) >= 11 is 0. The van der Waals surface area contributed by atoms with Gasteiger partial charge in [-0.3, -0.25) is 9.78 Å². The van der Waals surface area contributed by atoms with Crippen molar-refractivity contribution in [2.24, 2.45) is 0 Å². The van der Waals surface area contributed by atoms with E-state index in [2.05, 4.69) is 20.4 Å². The molecule has 7 heteroatoms. The van der Waals surface area contributed by atoms with E-state index < -0.39 is 6.04 Å². The Morgan fingerprint density at radius 3 is 2.67 bits per heavy atom. The molecule has 1 N–H and O–H groups in total. The molecule has 3 aromatic rings. The molecule has 0 saturated heterocycles. The van der Waals surface area contributed by atoms with Gasteiger partial charge in [0.25, 0.3) is 5.91 Å². The number of aromatic nitrogens is 4. The van der Waals surface area contributed by atoms with Gasteiger partial charge in [0.2, 0.25) is 11.7 Å². The van der Waals surface area contributed by atoms with E-state index in [4.69, 9.17) is 4.52 Å². The van der Waals surface area contributed by atoms with Crippen molar-refractivity contribution in [3.8, 4) is 11.4 Å². The third kappa shape index (κ3) is 3.19. The van der Waals surface area contributed by atoms with Crippen molar-refractivity contribution in [2.75, 3.05) is 0 Å². The number of nitrogens with zero attached hydrogens (tertiary/aromatic N) is 4. The van der Waals surface area contributed by atoms with Gasteiger partial charge >= 0.3 is 0 Å². The molecule has 7 nitrogen and oxygen atoms in total. The van der Waals surface area contributed by atoms with Crippen molar-refractivity contribution in [3.63, 3.8) is 0 Å². The van der Waals surface area contributed by atoms with Crippen LogP contribution in [0.5, 0.6) is 0 Å². The van der Waals surface area contributed by atoms with Crippen LogP contribution >= 0.6 is 0 Å². The molecule has 24 heavy (non-hydrogen) atoms. The van der Waals surface area contributed by atoms with Gasteiger partial charge in [0.1, 0.15) is 11.7 Å². The quantitative estimate of drug-likeness (QED) is 0.779. The summed E-state index contributed by atoms with van der Waals surface area (Å²) in [6.07, 6.45) is 5.21. The Kier molecular flexibility index (Phi) is 4.41. The summed E-state index contributed by atoms with van der Waals surface area (Å²) in [5.41, 5.74) is 1.41. The van der Waals surface area contributed by atoms with Crippen LogP contribution in [0.3, 0.4) is 0 Å². The Hall–Kier alpha value is -2.96. The zero-order valence-corrected chi connectivity index (χ0v) is 13.8. The van der Waals surface area contributed by atoms with Gasteiger partial charge in [-0.15, -0.1) is 0 Å². The number of amides is 1. The molecule has 0 radical (unpaired) electrons. The summed E-state index contributed by atoms with van der Waals surface area (Å²) in [4.78, 5) is 20.8.